The molecule has 33 heavy (non-hydrogen) atoms. The second-order valence-corrected chi connectivity index (χ2v) is 7.99. The van der Waals surface area contributed by atoms with Crippen molar-refractivity contribution in [2.45, 2.75) is 32.1 Å². The van der Waals surface area contributed by atoms with E-state index >= 15 is 0 Å². The lowest BCUT2D eigenvalue weighted by molar-refractivity contribution is -0.121. The van der Waals surface area contributed by atoms with Gasteiger partial charge in [-0.3, -0.25) is 14.3 Å². The summed E-state index contributed by atoms with van der Waals surface area (Å²) in [5, 5.41) is 19.2. The van der Waals surface area contributed by atoms with Crippen LogP contribution in [0.1, 0.15) is 38.4 Å². The molecule has 8 nitrogen and oxygen atoms in total. The molecule has 1 aromatic heterocycles. The van der Waals surface area contributed by atoms with Gasteiger partial charge in [0, 0.05) is 32.1 Å². The van der Waals surface area contributed by atoms with E-state index in [0.717, 1.165) is 22.4 Å². The maximum absolute atomic E-state index is 12.9. The molecular formula is C25H25N5O3. The number of benzene rings is 2. The number of hydrogen-bond acceptors (Lipinski definition) is 5. The lowest BCUT2D eigenvalue weighted by atomic mass is 10.0. The van der Waals surface area contributed by atoms with Gasteiger partial charge in [0.25, 0.3) is 5.91 Å². The molecule has 1 aliphatic rings. The van der Waals surface area contributed by atoms with E-state index in [2.05, 4.69) is 21.8 Å². The summed E-state index contributed by atoms with van der Waals surface area (Å²) in [6.45, 7) is 1.07. The Morgan fingerprint density at radius 2 is 1.88 bits per heavy atom. The molecule has 3 aromatic rings. The zero-order valence-electron chi connectivity index (χ0n) is 18.4. The summed E-state index contributed by atoms with van der Waals surface area (Å²) in [5.41, 5.74) is 4.56. The van der Waals surface area contributed by atoms with E-state index in [1.54, 1.807) is 36.0 Å². The Kier molecular flexibility index (Phi) is 6.81. The molecule has 2 amide bonds. The zero-order chi connectivity index (χ0) is 23.2. The first-order chi connectivity index (χ1) is 16.0. The normalized spacial score (nSPS) is 14.7. The molecule has 168 valence electrons. The van der Waals surface area contributed by atoms with Crippen LogP contribution in [-0.2, 0) is 42.6 Å². The van der Waals surface area contributed by atoms with Crippen molar-refractivity contribution >= 4 is 11.8 Å². The molecule has 0 spiro atoms. The van der Waals surface area contributed by atoms with Gasteiger partial charge in [0.1, 0.15) is 5.69 Å². The average Bonchev–Trinajstić information content (AvgIpc) is 3.17. The molecule has 0 fully saturated rings. The summed E-state index contributed by atoms with van der Waals surface area (Å²) < 4.78 is 7.45. The first kappa shape index (κ1) is 22.2. The number of fused-ring (bicyclic) bond motifs is 1. The summed E-state index contributed by atoms with van der Waals surface area (Å²) in [6, 6.07) is 18.7. The zero-order valence-corrected chi connectivity index (χ0v) is 18.4. The minimum Gasteiger partial charge on any atom is -0.370 e. The lowest BCUT2D eigenvalue weighted by Crippen LogP contribution is -2.38. The number of amides is 2. The number of nitriles is 1. The SMILES string of the molecule is Cn1nc2c(c1C(=O)NCc1ccccc1)CC(CNC(=O)Cc1ccc(C#N)cc1)OC2. The molecule has 0 radical (unpaired) electrons. The Morgan fingerprint density at radius 3 is 2.61 bits per heavy atom. The smallest absolute Gasteiger partial charge is 0.270 e. The van der Waals surface area contributed by atoms with E-state index in [0.29, 0.717) is 37.4 Å². The van der Waals surface area contributed by atoms with E-state index in [1.807, 2.05) is 30.3 Å². The topological polar surface area (TPSA) is 109 Å². The quantitative estimate of drug-likeness (QED) is 0.581. The Hall–Kier alpha value is -3.96. The van der Waals surface area contributed by atoms with Crippen LogP contribution >= 0.6 is 0 Å². The van der Waals surface area contributed by atoms with Crippen LogP contribution in [0.15, 0.2) is 54.6 Å². The number of nitrogens with zero attached hydrogens (tertiary/aromatic N) is 3. The van der Waals surface area contributed by atoms with Crippen LogP contribution in [0.2, 0.25) is 0 Å². The summed E-state index contributed by atoms with van der Waals surface area (Å²) in [7, 11) is 1.75. The second-order valence-electron chi connectivity index (χ2n) is 7.99. The standard InChI is InChI=1S/C25H25N5O3/c1-30-24(25(32)28-14-19-5-3-2-4-6-19)21-12-20(33-16-22(21)29-30)15-27-23(31)11-17-7-9-18(13-26)10-8-17/h2-10,20H,11-12,14-16H2,1H3,(H,27,31)(H,28,32). The lowest BCUT2D eigenvalue weighted by Gasteiger charge is -2.23. The van der Waals surface area contributed by atoms with E-state index < -0.39 is 0 Å². The van der Waals surface area contributed by atoms with Gasteiger partial charge in [-0.15, -0.1) is 0 Å². The molecule has 2 N–H and O–H groups in total. The van der Waals surface area contributed by atoms with Crippen LogP contribution < -0.4 is 10.6 Å². The van der Waals surface area contributed by atoms with Crippen LogP contribution in [-0.4, -0.2) is 34.2 Å². The summed E-state index contributed by atoms with van der Waals surface area (Å²) >= 11 is 0. The predicted octanol–water partition coefficient (Wildman–Crippen LogP) is 2.02. The van der Waals surface area contributed by atoms with Gasteiger partial charge in [-0.2, -0.15) is 10.4 Å². The third kappa shape index (κ3) is 5.45. The highest BCUT2D eigenvalue weighted by atomic mass is 16.5. The van der Waals surface area contributed by atoms with Gasteiger partial charge in [-0.1, -0.05) is 42.5 Å². The number of aryl methyl sites for hydroxylation is 1. The average molecular weight is 444 g/mol. The minimum atomic E-state index is -0.243. The van der Waals surface area contributed by atoms with Crippen molar-refractivity contribution in [3.05, 3.63) is 88.2 Å². The Bertz CT molecular complexity index is 1180. The van der Waals surface area contributed by atoms with Crippen molar-refractivity contribution in [2.75, 3.05) is 6.54 Å². The Labute approximate surface area is 192 Å². The molecule has 2 aromatic carbocycles. The van der Waals surface area contributed by atoms with E-state index in [1.165, 1.54) is 0 Å². The minimum absolute atomic E-state index is 0.124. The molecule has 1 atom stereocenters. The number of carbonyl (C=O) groups is 2. The van der Waals surface area contributed by atoms with Crippen LogP contribution in [0.3, 0.4) is 0 Å². The highest BCUT2D eigenvalue weighted by Crippen LogP contribution is 2.23. The number of rotatable bonds is 7. The van der Waals surface area contributed by atoms with Gasteiger partial charge in [-0.25, -0.2) is 0 Å². The fraction of sp³-hybridized carbons (Fsp3) is 0.280. The largest absolute Gasteiger partial charge is 0.370 e. The van der Waals surface area contributed by atoms with Gasteiger partial charge >= 0.3 is 0 Å². The molecule has 0 saturated heterocycles. The molecule has 0 aliphatic carbocycles. The fourth-order valence-corrected chi connectivity index (χ4v) is 3.89. The Morgan fingerprint density at radius 1 is 1.12 bits per heavy atom. The number of hydrogen-bond donors (Lipinski definition) is 2. The molecule has 2 heterocycles. The van der Waals surface area contributed by atoms with Crippen LogP contribution in [0.25, 0.3) is 0 Å². The monoisotopic (exact) mass is 443 g/mol. The van der Waals surface area contributed by atoms with E-state index in [4.69, 9.17) is 10.00 Å². The molecular weight excluding hydrogens is 418 g/mol. The van der Waals surface area contributed by atoms with Crippen molar-refractivity contribution < 1.29 is 14.3 Å². The van der Waals surface area contributed by atoms with E-state index in [9.17, 15) is 9.59 Å². The summed E-state index contributed by atoms with van der Waals surface area (Å²) in [5.74, 6) is -0.304. The van der Waals surface area contributed by atoms with Gasteiger partial charge in [0.2, 0.25) is 5.91 Å². The van der Waals surface area contributed by atoms with Gasteiger partial charge in [-0.05, 0) is 23.3 Å². The van der Waals surface area contributed by atoms with E-state index in [-0.39, 0.29) is 24.3 Å². The highest BCUT2D eigenvalue weighted by Gasteiger charge is 2.29. The highest BCUT2D eigenvalue weighted by molar-refractivity contribution is 5.94. The number of carbonyl (C=O) groups excluding carboxylic acids is 2. The fourth-order valence-electron chi connectivity index (χ4n) is 3.89. The number of aromatic nitrogens is 2. The van der Waals surface area contributed by atoms with Crippen molar-refractivity contribution in [1.29, 1.82) is 5.26 Å². The maximum atomic E-state index is 12.9. The van der Waals surface area contributed by atoms with Crippen molar-refractivity contribution in [3.8, 4) is 6.07 Å². The molecule has 0 saturated carbocycles. The first-order valence-corrected chi connectivity index (χ1v) is 10.8. The summed E-state index contributed by atoms with van der Waals surface area (Å²) in [4.78, 5) is 25.2. The van der Waals surface area contributed by atoms with Crippen LogP contribution in [0.5, 0.6) is 0 Å². The van der Waals surface area contributed by atoms with Crippen molar-refractivity contribution in [1.82, 2.24) is 20.4 Å². The molecule has 0 bridgehead atoms. The van der Waals surface area contributed by atoms with Gasteiger partial charge < -0.3 is 15.4 Å². The Balaban J connectivity index is 1.34. The molecule has 4 rings (SSSR count). The molecule has 1 aliphatic heterocycles. The second kappa shape index (κ2) is 10.1. The number of nitrogens with one attached hydrogen (secondary N) is 2. The first-order valence-electron chi connectivity index (χ1n) is 10.8. The van der Waals surface area contributed by atoms with Crippen molar-refractivity contribution in [2.24, 2.45) is 7.05 Å². The van der Waals surface area contributed by atoms with Crippen LogP contribution in [0, 0.1) is 11.3 Å². The predicted molar refractivity (Wildman–Crippen MR) is 121 cm³/mol. The van der Waals surface area contributed by atoms with Crippen LogP contribution in [0.4, 0.5) is 0 Å². The third-order valence-electron chi connectivity index (χ3n) is 5.60. The third-order valence-corrected chi connectivity index (χ3v) is 5.60. The maximum Gasteiger partial charge on any atom is 0.270 e. The van der Waals surface area contributed by atoms with Gasteiger partial charge in [0.05, 0.1) is 36.5 Å². The summed E-state index contributed by atoms with van der Waals surface area (Å²) in [6.07, 6.45) is 0.477. The van der Waals surface area contributed by atoms with Crippen molar-refractivity contribution in [3.63, 3.8) is 0 Å². The molecule has 1 unspecified atom stereocenters. The molecule has 8 heteroatoms. The van der Waals surface area contributed by atoms with Gasteiger partial charge in [0.15, 0.2) is 0 Å². The number of ether oxygens (including phenoxy) is 1.